The number of nitrogens with two attached hydrogens (primary N) is 1. The van der Waals surface area contributed by atoms with E-state index in [1.165, 1.54) is 56.1 Å². The van der Waals surface area contributed by atoms with Crippen molar-refractivity contribution in [3.63, 3.8) is 0 Å². The first-order valence-electron chi connectivity index (χ1n) is 8.95. The van der Waals surface area contributed by atoms with Crippen LogP contribution in [0.4, 0.5) is 0 Å². The molecule has 0 spiro atoms. The van der Waals surface area contributed by atoms with E-state index in [0.29, 0.717) is 0 Å². The van der Waals surface area contributed by atoms with Gasteiger partial charge in [0, 0.05) is 12.3 Å². The Labute approximate surface area is 139 Å². The zero-order valence-corrected chi connectivity index (χ0v) is 15.5. The van der Waals surface area contributed by atoms with Crippen LogP contribution in [0.15, 0.2) is 34.9 Å². The number of hydrogen-bond donors (Lipinski definition) is 1. The van der Waals surface area contributed by atoms with E-state index in [1.54, 1.807) is 5.57 Å². The van der Waals surface area contributed by atoms with E-state index < -0.39 is 0 Å². The molecule has 2 N–H and O–H groups in total. The van der Waals surface area contributed by atoms with Crippen LogP contribution in [-0.4, -0.2) is 5.54 Å². The summed E-state index contributed by atoms with van der Waals surface area (Å²) >= 11 is 0. The lowest BCUT2D eigenvalue weighted by molar-refractivity contribution is -0.682. The van der Waals surface area contributed by atoms with E-state index in [1.807, 2.05) is 0 Å². The van der Waals surface area contributed by atoms with Gasteiger partial charge in [-0.15, -0.1) is 0 Å². The second-order valence-corrected chi connectivity index (χ2v) is 7.64. The fraction of sp³-hybridized carbons (Fsp3) is 0.667. The number of hydrogen-bond acceptors (Lipinski definition) is 0. The van der Waals surface area contributed by atoms with Gasteiger partial charge in [-0.2, -0.15) is 7.05 Å². The summed E-state index contributed by atoms with van der Waals surface area (Å²) in [6.45, 7) is 11.3. The van der Waals surface area contributed by atoms with E-state index in [2.05, 4.69) is 65.2 Å². The van der Waals surface area contributed by atoms with E-state index in [0.717, 1.165) is 5.92 Å². The van der Waals surface area contributed by atoms with Crippen molar-refractivity contribution < 1.29 is 5.32 Å². The summed E-state index contributed by atoms with van der Waals surface area (Å²) in [5.74, 6) is 0.771. The molecule has 0 fully saturated rings. The monoisotopic (exact) mass is 303 g/mol. The third-order valence-electron chi connectivity index (χ3n) is 5.30. The second kappa shape index (κ2) is 9.35. The van der Waals surface area contributed by atoms with Gasteiger partial charge in [0.25, 0.3) is 0 Å². The van der Waals surface area contributed by atoms with Gasteiger partial charge in [0.2, 0.25) is 0 Å². The van der Waals surface area contributed by atoms with Crippen LogP contribution in [0, 0.1) is 13.0 Å². The largest absolute Gasteiger partial charge is 0.474 e. The molecule has 0 heterocycles. The van der Waals surface area contributed by atoms with Crippen molar-refractivity contribution in [2.45, 2.75) is 85.1 Å². The van der Waals surface area contributed by atoms with Crippen molar-refractivity contribution >= 4 is 0 Å². The average molecular weight is 304 g/mol. The Morgan fingerprint density at radius 3 is 2.59 bits per heavy atom. The summed E-state index contributed by atoms with van der Waals surface area (Å²) in [7, 11) is 4.14. The minimum absolute atomic E-state index is 0.286. The zero-order valence-electron chi connectivity index (χ0n) is 15.5. The molecule has 0 unspecified atom stereocenters. The summed E-state index contributed by atoms with van der Waals surface area (Å²) in [5.41, 5.74) is 4.81. The van der Waals surface area contributed by atoms with Gasteiger partial charge < -0.3 is 5.32 Å². The third kappa shape index (κ3) is 6.52. The van der Waals surface area contributed by atoms with Crippen LogP contribution in [0.3, 0.4) is 0 Å². The predicted octanol–water partition coefficient (Wildman–Crippen LogP) is 5.32. The van der Waals surface area contributed by atoms with Gasteiger partial charge in [0.15, 0.2) is 0 Å². The van der Waals surface area contributed by atoms with Crippen LogP contribution in [0.5, 0.6) is 0 Å². The van der Waals surface area contributed by atoms with Crippen molar-refractivity contribution in [3.8, 4) is 0 Å². The molecule has 1 aliphatic rings. The molecule has 0 radical (unpaired) electrons. The van der Waals surface area contributed by atoms with Gasteiger partial charge in [0.05, 0.1) is 5.54 Å². The Balaban J connectivity index is 2.47. The highest BCUT2D eigenvalue weighted by atomic mass is 14.9. The van der Waals surface area contributed by atoms with Gasteiger partial charge in [0.1, 0.15) is 0 Å². The maximum Gasteiger partial charge on any atom is 0.0729 e. The zero-order chi connectivity index (χ0) is 16.6. The molecule has 1 aliphatic carbocycles. The summed E-state index contributed by atoms with van der Waals surface area (Å²) in [6, 6.07) is 0. The highest BCUT2D eigenvalue weighted by molar-refractivity contribution is 5.06. The van der Waals surface area contributed by atoms with Crippen molar-refractivity contribution in [3.05, 3.63) is 42.0 Å². The van der Waals surface area contributed by atoms with Crippen LogP contribution in [0.2, 0.25) is 0 Å². The highest BCUT2D eigenvalue weighted by Crippen LogP contribution is 2.32. The van der Waals surface area contributed by atoms with Gasteiger partial charge in [-0.25, -0.2) is 0 Å². The molecule has 1 rings (SSSR count). The predicted molar refractivity (Wildman–Crippen MR) is 98.4 cm³/mol. The molecule has 22 heavy (non-hydrogen) atoms. The van der Waals surface area contributed by atoms with Crippen molar-refractivity contribution in [1.29, 1.82) is 0 Å². The molecule has 0 aromatic heterocycles. The standard InChI is InChI=1S/C21H37N/c1-17(2)9-7-10-18(3)11-8-16-21(5,22-6)20-14-12-19(4)13-15-20/h9,11-12,20H,6-8,10,13-16,22H2,1-5H3/b18-11+/t20-,21+/m1/s1. The Bertz CT molecular complexity index is 423. The minimum Gasteiger partial charge on any atom is -0.474 e. The van der Waals surface area contributed by atoms with Crippen LogP contribution in [0.25, 0.3) is 0 Å². The van der Waals surface area contributed by atoms with Crippen molar-refractivity contribution in [2.75, 3.05) is 0 Å². The molecule has 0 aliphatic heterocycles. The first kappa shape index (κ1) is 19.2. The molecule has 1 nitrogen and oxygen atoms in total. The molecule has 1 heteroatoms. The number of quaternary nitrogens is 1. The molecule has 0 bridgehead atoms. The lowest BCUT2D eigenvalue weighted by atomic mass is 9.74. The van der Waals surface area contributed by atoms with Crippen molar-refractivity contribution in [2.24, 2.45) is 5.92 Å². The number of rotatable bonds is 8. The summed E-state index contributed by atoms with van der Waals surface area (Å²) in [6.07, 6.45) is 15.8. The molecule has 0 saturated carbocycles. The lowest BCUT2D eigenvalue weighted by Gasteiger charge is -2.38. The summed E-state index contributed by atoms with van der Waals surface area (Å²) < 4.78 is 0. The Morgan fingerprint density at radius 1 is 1.32 bits per heavy atom. The molecule has 0 aromatic carbocycles. The SMILES string of the molecule is [CH2-][NH2+][C@@](C)(CC/C=C(\C)CCC=C(C)C)[C@@H]1CC=C(C)CC1. The van der Waals surface area contributed by atoms with Gasteiger partial charge in [-0.3, -0.25) is 0 Å². The van der Waals surface area contributed by atoms with E-state index in [9.17, 15) is 0 Å². The molecule has 126 valence electrons. The normalized spacial score (nSPS) is 22.0. The maximum absolute atomic E-state index is 4.14. The van der Waals surface area contributed by atoms with E-state index in [-0.39, 0.29) is 5.54 Å². The quantitative estimate of drug-likeness (QED) is 0.461. The minimum atomic E-state index is 0.286. The van der Waals surface area contributed by atoms with Crippen LogP contribution in [-0.2, 0) is 0 Å². The molecule has 0 amide bonds. The first-order chi connectivity index (χ1) is 10.4. The topological polar surface area (TPSA) is 16.6 Å². The van der Waals surface area contributed by atoms with E-state index in [4.69, 9.17) is 0 Å². The number of allylic oxidation sites excluding steroid dienone is 6. The molecule has 0 aromatic rings. The Morgan fingerprint density at radius 2 is 2.05 bits per heavy atom. The smallest absolute Gasteiger partial charge is 0.0729 e. The molecular formula is C21H37N. The first-order valence-corrected chi connectivity index (χ1v) is 8.95. The fourth-order valence-corrected chi connectivity index (χ4v) is 3.36. The lowest BCUT2D eigenvalue weighted by Crippen LogP contribution is -2.92. The summed E-state index contributed by atoms with van der Waals surface area (Å²) in [5, 5.41) is 2.22. The average Bonchev–Trinajstić information content (AvgIpc) is 2.47. The Hall–Kier alpha value is -0.820. The summed E-state index contributed by atoms with van der Waals surface area (Å²) in [4.78, 5) is 0. The van der Waals surface area contributed by atoms with Crippen molar-refractivity contribution in [1.82, 2.24) is 0 Å². The second-order valence-electron chi connectivity index (χ2n) is 7.64. The maximum atomic E-state index is 4.14. The van der Waals surface area contributed by atoms with Gasteiger partial charge >= 0.3 is 0 Å². The fourth-order valence-electron chi connectivity index (χ4n) is 3.36. The molecular weight excluding hydrogens is 266 g/mol. The van der Waals surface area contributed by atoms with Crippen LogP contribution in [0.1, 0.15) is 79.6 Å². The Kier molecular flexibility index (Phi) is 8.17. The molecule has 2 atom stereocenters. The van der Waals surface area contributed by atoms with Crippen LogP contribution >= 0.6 is 0 Å². The third-order valence-corrected chi connectivity index (χ3v) is 5.30. The molecule has 0 saturated heterocycles. The van der Waals surface area contributed by atoms with Gasteiger partial charge in [-0.1, -0.05) is 34.9 Å². The highest BCUT2D eigenvalue weighted by Gasteiger charge is 2.34. The van der Waals surface area contributed by atoms with E-state index >= 15 is 0 Å². The van der Waals surface area contributed by atoms with Crippen LogP contribution < -0.4 is 5.32 Å². The van der Waals surface area contributed by atoms with Gasteiger partial charge in [-0.05, 0) is 73.1 Å².